The fraction of sp³-hybridized carbons (Fsp3) is 0.414. The van der Waals surface area contributed by atoms with Crippen molar-refractivity contribution in [2.75, 3.05) is 50.3 Å². The maximum atomic E-state index is 11.3. The lowest BCUT2D eigenvalue weighted by Crippen LogP contribution is -2.38. The van der Waals surface area contributed by atoms with Crippen LogP contribution in [0, 0.1) is 0 Å². The Morgan fingerprint density at radius 1 is 0.897 bits per heavy atom. The van der Waals surface area contributed by atoms with E-state index in [-0.39, 0.29) is 0 Å². The molecule has 0 unspecified atom stereocenters. The number of anilines is 2. The zero-order valence-corrected chi connectivity index (χ0v) is 22.4. The summed E-state index contributed by atoms with van der Waals surface area (Å²) < 4.78 is 18.1. The van der Waals surface area contributed by atoms with E-state index in [9.17, 15) is 5.11 Å². The number of methoxy groups -OCH3 is 2. The molecule has 39 heavy (non-hydrogen) atoms. The normalized spacial score (nSPS) is 16.6. The Balaban J connectivity index is 1.46. The molecule has 10 nitrogen and oxygen atoms in total. The Kier molecular flexibility index (Phi) is 6.97. The van der Waals surface area contributed by atoms with Crippen LogP contribution in [0.25, 0.3) is 5.65 Å². The van der Waals surface area contributed by atoms with Crippen molar-refractivity contribution in [2.24, 2.45) is 0 Å². The largest absolute Gasteiger partial charge is 0.497 e. The highest BCUT2D eigenvalue weighted by Gasteiger charge is 2.40. The number of nitrogens with zero attached hydrogens (tertiary/aromatic N) is 6. The van der Waals surface area contributed by atoms with Gasteiger partial charge in [0, 0.05) is 31.7 Å². The first-order valence-electron chi connectivity index (χ1n) is 13.4. The lowest BCUT2D eigenvalue weighted by atomic mass is 9.76. The van der Waals surface area contributed by atoms with Crippen LogP contribution in [0.2, 0.25) is 0 Å². The molecule has 0 bridgehead atoms. The number of aliphatic hydroxyl groups is 1. The molecule has 2 aromatic carbocycles. The third kappa shape index (κ3) is 5.09. The molecule has 0 radical (unpaired) electrons. The molecule has 2 aliphatic rings. The Hall–Kier alpha value is -3.89. The monoisotopic (exact) mass is 530 g/mol. The van der Waals surface area contributed by atoms with E-state index in [1.54, 1.807) is 24.9 Å². The van der Waals surface area contributed by atoms with Crippen LogP contribution in [-0.4, -0.2) is 65.2 Å². The zero-order valence-electron chi connectivity index (χ0n) is 22.4. The topological polar surface area (TPSA) is 97.5 Å². The van der Waals surface area contributed by atoms with Crippen molar-refractivity contribution in [2.45, 2.75) is 38.0 Å². The van der Waals surface area contributed by atoms with Crippen LogP contribution in [0.4, 0.5) is 11.9 Å². The van der Waals surface area contributed by atoms with E-state index < -0.39 is 5.60 Å². The summed E-state index contributed by atoms with van der Waals surface area (Å²) in [4.78, 5) is 14.4. The van der Waals surface area contributed by atoms with E-state index in [4.69, 9.17) is 29.3 Å². The number of rotatable bonds is 9. The van der Waals surface area contributed by atoms with E-state index in [1.807, 2.05) is 24.3 Å². The van der Waals surface area contributed by atoms with Gasteiger partial charge in [-0.3, -0.25) is 0 Å². The zero-order chi connectivity index (χ0) is 26.8. The first-order chi connectivity index (χ1) is 19.1. The van der Waals surface area contributed by atoms with Gasteiger partial charge in [-0.1, -0.05) is 24.3 Å². The van der Waals surface area contributed by atoms with E-state index >= 15 is 0 Å². The molecule has 1 aliphatic carbocycles. The number of hydrogen-bond acceptors (Lipinski definition) is 9. The van der Waals surface area contributed by atoms with Crippen molar-refractivity contribution in [3.05, 3.63) is 71.4 Å². The van der Waals surface area contributed by atoms with Gasteiger partial charge in [0.1, 0.15) is 11.5 Å². The average Bonchev–Trinajstić information content (AvgIpc) is 3.41. The number of fused-ring (bicyclic) bond motifs is 1. The summed E-state index contributed by atoms with van der Waals surface area (Å²) in [6, 6.07) is 16.1. The molecule has 0 amide bonds. The Bertz CT molecular complexity index is 1360. The smallest absolute Gasteiger partial charge is 0.232 e. The fourth-order valence-electron chi connectivity index (χ4n) is 5.17. The molecular weight excluding hydrogens is 496 g/mol. The molecule has 3 heterocycles. The molecular formula is C29H34N6O4. The van der Waals surface area contributed by atoms with Gasteiger partial charge in [-0.25, -0.2) is 0 Å². The molecule has 6 rings (SSSR count). The van der Waals surface area contributed by atoms with Crippen LogP contribution < -0.4 is 19.3 Å². The van der Waals surface area contributed by atoms with Gasteiger partial charge in [-0.2, -0.15) is 19.6 Å². The number of ether oxygens (including phenoxy) is 3. The lowest BCUT2D eigenvalue weighted by molar-refractivity contribution is -0.0376. The van der Waals surface area contributed by atoms with Gasteiger partial charge in [0.05, 0.1) is 39.2 Å². The van der Waals surface area contributed by atoms with Crippen LogP contribution >= 0.6 is 0 Å². The third-order valence-electron chi connectivity index (χ3n) is 7.66. The molecule has 1 N–H and O–H groups in total. The van der Waals surface area contributed by atoms with Gasteiger partial charge >= 0.3 is 0 Å². The molecule has 2 fully saturated rings. The molecule has 2 aromatic heterocycles. The van der Waals surface area contributed by atoms with Gasteiger partial charge < -0.3 is 29.1 Å². The number of benzene rings is 2. The maximum Gasteiger partial charge on any atom is 0.232 e. The van der Waals surface area contributed by atoms with Crippen molar-refractivity contribution in [1.29, 1.82) is 0 Å². The minimum atomic E-state index is -0.896. The number of morpholine rings is 1. The average molecular weight is 531 g/mol. The predicted octanol–water partition coefficient (Wildman–Crippen LogP) is 3.56. The van der Waals surface area contributed by atoms with Crippen LogP contribution in [0.3, 0.4) is 0 Å². The molecule has 1 saturated carbocycles. The van der Waals surface area contributed by atoms with Crippen molar-refractivity contribution < 1.29 is 19.3 Å². The van der Waals surface area contributed by atoms with E-state index in [1.165, 1.54) is 0 Å². The third-order valence-corrected chi connectivity index (χ3v) is 7.66. The predicted molar refractivity (Wildman–Crippen MR) is 147 cm³/mol. The van der Waals surface area contributed by atoms with Gasteiger partial charge in [-0.15, -0.1) is 0 Å². The quantitative estimate of drug-likeness (QED) is 0.348. The summed E-state index contributed by atoms with van der Waals surface area (Å²) in [5.41, 5.74) is 2.73. The fourth-order valence-corrected chi connectivity index (χ4v) is 5.17. The molecule has 204 valence electrons. The summed E-state index contributed by atoms with van der Waals surface area (Å²) in [5, 5.41) is 16.0. The maximum absolute atomic E-state index is 11.3. The molecule has 1 saturated heterocycles. The van der Waals surface area contributed by atoms with Crippen LogP contribution in [0.5, 0.6) is 11.5 Å². The van der Waals surface area contributed by atoms with Crippen molar-refractivity contribution in [3.8, 4) is 11.5 Å². The summed E-state index contributed by atoms with van der Waals surface area (Å²) in [7, 11) is 3.34. The first-order valence-corrected chi connectivity index (χ1v) is 13.4. The van der Waals surface area contributed by atoms with Crippen LogP contribution in [0.15, 0.2) is 54.7 Å². The molecule has 0 spiro atoms. The summed E-state index contributed by atoms with van der Waals surface area (Å²) in [6.45, 7) is 3.84. The minimum absolute atomic E-state index is 0.587. The highest BCUT2D eigenvalue weighted by atomic mass is 16.5. The van der Waals surface area contributed by atoms with Crippen LogP contribution in [-0.2, 0) is 23.4 Å². The number of hydrogen-bond donors (Lipinski definition) is 1. The molecule has 10 heteroatoms. The lowest BCUT2D eigenvalue weighted by Gasteiger charge is -2.36. The summed E-state index contributed by atoms with van der Waals surface area (Å²) in [5.74, 6) is 2.91. The van der Waals surface area contributed by atoms with Gasteiger partial charge in [-0.05, 0) is 54.7 Å². The Morgan fingerprint density at radius 3 is 2.00 bits per heavy atom. The molecule has 0 atom stereocenters. The Labute approximate surface area is 227 Å². The SMILES string of the molecule is COc1ccc(CN(Cc2ccc(OC)cc2)c2nc(N3CCOCC3)nc3c(C4(O)CCC4)cnn23)cc1. The molecule has 4 aromatic rings. The van der Waals surface area contributed by atoms with Crippen molar-refractivity contribution in [1.82, 2.24) is 19.6 Å². The highest BCUT2D eigenvalue weighted by molar-refractivity contribution is 5.58. The van der Waals surface area contributed by atoms with Crippen molar-refractivity contribution in [3.63, 3.8) is 0 Å². The minimum Gasteiger partial charge on any atom is -0.497 e. The van der Waals surface area contributed by atoms with E-state index in [0.29, 0.717) is 69.8 Å². The second-order valence-electron chi connectivity index (χ2n) is 10.2. The van der Waals surface area contributed by atoms with Crippen molar-refractivity contribution >= 4 is 17.5 Å². The van der Waals surface area contributed by atoms with Gasteiger partial charge in [0.25, 0.3) is 0 Å². The Morgan fingerprint density at radius 2 is 1.49 bits per heavy atom. The van der Waals surface area contributed by atoms with Crippen LogP contribution in [0.1, 0.15) is 36.0 Å². The summed E-state index contributed by atoms with van der Waals surface area (Å²) in [6.07, 6.45) is 4.17. The molecule has 1 aliphatic heterocycles. The van der Waals surface area contributed by atoms with E-state index in [2.05, 4.69) is 34.1 Å². The highest BCUT2D eigenvalue weighted by Crippen LogP contribution is 2.43. The van der Waals surface area contributed by atoms with Gasteiger partial charge in [0.2, 0.25) is 11.9 Å². The van der Waals surface area contributed by atoms with Gasteiger partial charge in [0.15, 0.2) is 5.65 Å². The summed E-state index contributed by atoms with van der Waals surface area (Å²) >= 11 is 0. The number of aromatic nitrogens is 4. The van der Waals surface area contributed by atoms with E-state index in [0.717, 1.165) is 34.6 Å². The second kappa shape index (κ2) is 10.7. The first kappa shape index (κ1) is 25.4. The second-order valence-corrected chi connectivity index (χ2v) is 10.2. The standard InChI is InChI=1S/C29H34N6O4/c1-37-23-8-4-21(5-9-23)19-34(20-22-6-10-24(38-2)11-7-22)28-32-27(33-14-16-39-17-15-33)31-26-25(18-30-35(26)28)29(36)12-3-13-29/h4-11,18,36H,3,12-17,19-20H2,1-2H3.